The number of hydrogen-bond donors (Lipinski definition) is 2. The van der Waals surface area contributed by atoms with Crippen LogP contribution in [0.25, 0.3) is 0 Å². The summed E-state index contributed by atoms with van der Waals surface area (Å²) in [6.07, 6.45) is 74.9. The van der Waals surface area contributed by atoms with Crippen LogP contribution in [0, 0.1) is 47.3 Å². The smallest absolute Gasteiger partial charge is 0.391 e. The molecule has 2 N–H and O–H groups in total. The predicted octanol–water partition coefficient (Wildman–Crippen LogP) is 8.81. The highest BCUT2D eigenvalue weighted by Gasteiger charge is 2.66. The van der Waals surface area contributed by atoms with Gasteiger partial charge in [0.1, 0.15) is 0 Å². The lowest BCUT2D eigenvalue weighted by atomic mass is 9.83. The summed E-state index contributed by atoms with van der Waals surface area (Å²) in [6, 6.07) is 3.27. The summed E-state index contributed by atoms with van der Waals surface area (Å²) in [4.78, 5) is 37.4. The number of nitrogens with zero attached hydrogens (tertiary/aromatic N) is 4. The standard InChI is InChI=1S/C62H80N4O8Si4/c1-69-77(45-21-41-65-59-35-15-7-27-51(59)52-28-8-16-36-60(52)65)72-75(67,43-19-39-63-55-31-11-3-23-47(55)48-24-4-12-32-56(48)63)71-76(68,44-20-40-64-57-33-13-5-25-49(57)50-26-6-14-34-58(50)64)73-78(70-2,74-77)46-22-42-66-61-37-17-9-29-53(61)54-30-10-18-38-62(54)66/h3-18,23-38,47-62,67-68H,19-22,39-46H2,1-2H3. The Hall–Kier alpha value is -3.77. The van der Waals surface area contributed by atoms with Gasteiger partial charge < -0.3 is 34.9 Å². The molecule has 78 heavy (non-hydrogen) atoms. The van der Waals surface area contributed by atoms with Gasteiger partial charge in [0, 0.05) is 134 Å². The Morgan fingerprint density at radius 3 is 0.718 bits per heavy atom. The molecule has 0 aromatic carbocycles. The number of likely N-dealkylation sites (tertiary alicyclic amines) is 4. The second-order valence-electron chi connectivity index (χ2n) is 23.7. The third-order valence-electron chi connectivity index (χ3n) is 19.5. The maximum atomic E-state index is 13.5. The molecular weight excluding hydrogens is 1040 g/mol. The van der Waals surface area contributed by atoms with E-state index in [1.54, 1.807) is 14.2 Å². The number of fused-ring (bicyclic) bond motifs is 12. The summed E-state index contributed by atoms with van der Waals surface area (Å²) >= 11 is 0. The van der Waals surface area contributed by atoms with Gasteiger partial charge in [0.05, 0.1) is 0 Å². The van der Waals surface area contributed by atoms with Crippen molar-refractivity contribution in [2.45, 2.75) is 98.2 Å². The first-order valence-electron chi connectivity index (χ1n) is 29.4. The maximum absolute atomic E-state index is 13.5. The van der Waals surface area contributed by atoms with E-state index in [4.69, 9.17) is 25.3 Å². The highest BCUT2D eigenvalue weighted by molar-refractivity contribution is 6.88. The first-order valence-corrected chi connectivity index (χ1v) is 37.2. The van der Waals surface area contributed by atoms with Crippen LogP contribution < -0.4 is 0 Å². The van der Waals surface area contributed by atoms with Crippen LogP contribution in [0.4, 0.5) is 0 Å². The lowest BCUT2D eigenvalue weighted by Gasteiger charge is -2.47. The fourth-order valence-electron chi connectivity index (χ4n) is 16.2. The van der Waals surface area contributed by atoms with Crippen molar-refractivity contribution in [3.8, 4) is 0 Å². The molecule has 20 unspecified atom stereocenters. The van der Waals surface area contributed by atoms with Crippen LogP contribution in [0.1, 0.15) is 25.7 Å². The van der Waals surface area contributed by atoms with Crippen LogP contribution in [-0.2, 0) is 25.3 Å². The molecule has 5 heterocycles. The summed E-state index contributed by atoms with van der Waals surface area (Å²) < 4.78 is 42.9. The molecule has 0 spiro atoms. The second kappa shape index (κ2) is 22.5. The number of allylic oxidation sites excluding steroid dienone is 16. The van der Waals surface area contributed by atoms with Crippen molar-refractivity contribution >= 4 is 35.2 Å². The van der Waals surface area contributed by atoms with Crippen LogP contribution in [0.2, 0.25) is 24.2 Å². The van der Waals surface area contributed by atoms with E-state index in [2.05, 4.69) is 214 Å². The van der Waals surface area contributed by atoms with Crippen molar-refractivity contribution in [2.24, 2.45) is 47.3 Å². The molecule has 5 aliphatic heterocycles. The van der Waals surface area contributed by atoms with E-state index < -0.39 is 35.2 Å². The van der Waals surface area contributed by atoms with Crippen LogP contribution >= 0.6 is 0 Å². The quantitative estimate of drug-likeness (QED) is 0.128. The van der Waals surface area contributed by atoms with Gasteiger partial charge in [0.15, 0.2) is 0 Å². The monoisotopic (exact) mass is 1120 g/mol. The molecule has 8 aliphatic carbocycles. The fourth-order valence-corrected chi connectivity index (χ4v) is 33.5. The molecule has 0 aromatic heterocycles. The van der Waals surface area contributed by atoms with Crippen LogP contribution in [0.15, 0.2) is 194 Å². The highest BCUT2D eigenvalue weighted by Crippen LogP contribution is 2.47. The molecule has 5 fully saturated rings. The molecular formula is C62H80N4O8Si4. The van der Waals surface area contributed by atoms with Crippen molar-refractivity contribution in [2.75, 3.05) is 40.4 Å². The van der Waals surface area contributed by atoms with E-state index in [0.29, 0.717) is 98.2 Å². The van der Waals surface area contributed by atoms with Crippen molar-refractivity contribution in [3.63, 3.8) is 0 Å². The average molecular weight is 1120 g/mol. The van der Waals surface area contributed by atoms with Gasteiger partial charge >= 0.3 is 35.2 Å². The minimum absolute atomic E-state index is 0.213. The molecule has 16 heteroatoms. The Morgan fingerprint density at radius 2 is 0.500 bits per heavy atom. The van der Waals surface area contributed by atoms with Gasteiger partial charge in [-0.2, -0.15) is 0 Å². The maximum Gasteiger partial charge on any atom is 0.486 e. The van der Waals surface area contributed by atoms with Gasteiger partial charge in [-0.05, 0) is 51.9 Å². The molecule has 5 saturated heterocycles. The fraction of sp³-hybridized carbons (Fsp3) is 0.484. The van der Waals surface area contributed by atoms with Crippen LogP contribution in [-0.4, -0.2) is 153 Å². The molecule has 13 rings (SSSR count). The van der Waals surface area contributed by atoms with Crippen LogP contribution in [0.5, 0.6) is 0 Å². The van der Waals surface area contributed by atoms with E-state index in [1.165, 1.54) is 0 Å². The van der Waals surface area contributed by atoms with E-state index in [9.17, 15) is 9.59 Å². The molecule has 0 amide bonds. The van der Waals surface area contributed by atoms with E-state index in [-0.39, 0.29) is 60.4 Å². The largest absolute Gasteiger partial charge is 0.486 e. The zero-order valence-electron chi connectivity index (χ0n) is 45.3. The van der Waals surface area contributed by atoms with Gasteiger partial charge in [-0.3, -0.25) is 19.6 Å². The molecule has 0 saturated carbocycles. The SMILES string of the molecule is CO[Si]1(CCCN2C3C=CC=CC3C3C=CC=CC32)O[Si](O)(CCCN2C3C=CC=CC3C3C=CC=CC32)O[Si](O)(CCCN2C3C=CC=CC3C3C=CC=CC32)O[Si](CCCN2C3C=CC=CC3C3C=CC=CC32)(OC)O1. The van der Waals surface area contributed by atoms with Gasteiger partial charge in [0.2, 0.25) is 0 Å². The first-order chi connectivity index (χ1) is 38.2. The first kappa shape index (κ1) is 53.5. The Kier molecular flexibility index (Phi) is 15.5. The molecule has 13 aliphatic rings. The normalized spacial score (nSPS) is 44.9. The molecule has 0 bridgehead atoms. The average Bonchev–Trinajstić information content (AvgIpc) is 4.27. The Bertz CT molecular complexity index is 2430. The minimum Gasteiger partial charge on any atom is -0.391 e. The summed E-state index contributed by atoms with van der Waals surface area (Å²) in [5.74, 6) is 3.06. The van der Waals surface area contributed by atoms with Gasteiger partial charge in [0.25, 0.3) is 0 Å². The highest BCUT2D eigenvalue weighted by atomic mass is 28.6. The zero-order valence-corrected chi connectivity index (χ0v) is 49.3. The Morgan fingerprint density at radius 1 is 0.295 bits per heavy atom. The van der Waals surface area contributed by atoms with Gasteiger partial charge in [-0.25, -0.2) is 0 Å². The minimum atomic E-state index is -4.38. The molecule has 0 radical (unpaired) electrons. The lowest BCUT2D eigenvalue weighted by molar-refractivity contribution is 0.0474. The van der Waals surface area contributed by atoms with Crippen LogP contribution in [0.3, 0.4) is 0 Å². The van der Waals surface area contributed by atoms with Gasteiger partial charge in [-0.1, -0.05) is 194 Å². The number of hydrogen-bond acceptors (Lipinski definition) is 12. The van der Waals surface area contributed by atoms with Crippen molar-refractivity contribution in [1.29, 1.82) is 0 Å². The van der Waals surface area contributed by atoms with Crippen molar-refractivity contribution in [1.82, 2.24) is 19.6 Å². The molecule has 412 valence electrons. The topological polar surface area (TPSA) is 109 Å². The summed E-state index contributed by atoms with van der Waals surface area (Å²) in [6.45, 7) is 2.97. The summed E-state index contributed by atoms with van der Waals surface area (Å²) in [5.41, 5.74) is 0. The Balaban J connectivity index is 0.803. The van der Waals surface area contributed by atoms with E-state index in [0.717, 1.165) is 13.1 Å². The molecule has 0 aromatic rings. The van der Waals surface area contributed by atoms with Crippen molar-refractivity contribution in [3.05, 3.63) is 194 Å². The lowest BCUT2D eigenvalue weighted by Crippen LogP contribution is -2.72. The van der Waals surface area contributed by atoms with Gasteiger partial charge in [-0.15, -0.1) is 0 Å². The Labute approximate surface area is 467 Å². The van der Waals surface area contributed by atoms with E-state index >= 15 is 0 Å². The van der Waals surface area contributed by atoms with Crippen molar-refractivity contribution < 1.29 is 34.9 Å². The predicted molar refractivity (Wildman–Crippen MR) is 315 cm³/mol. The molecule has 20 atom stereocenters. The third kappa shape index (κ3) is 10.1. The number of rotatable bonds is 18. The summed E-state index contributed by atoms with van der Waals surface area (Å²) in [7, 11) is -13.3. The summed E-state index contributed by atoms with van der Waals surface area (Å²) in [5, 5.41) is 0. The third-order valence-corrected chi connectivity index (χ3v) is 34.7. The molecule has 12 nitrogen and oxygen atoms in total. The zero-order chi connectivity index (χ0) is 52.9. The second-order valence-corrected chi connectivity index (χ2v) is 35.3. The van der Waals surface area contributed by atoms with E-state index in [1.807, 2.05) is 0 Å².